The minimum atomic E-state index is 0.476. The summed E-state index contributed by atoms with van der Waals surface area (Å²) in [6.07, 6.45) is 2.67. The summed E-state index contributed by atoms with van der Waals surface area (Å²) in [6.45, 7) is 2.24. The van der Waals surface area contributed by atoms with Gasteiger partial charge in [0.25, 0.3) is 0 Å². The van der Waals surface area contributed by atoms with Gasteiger partial charge in [-0.3, -0.25) is 0 Å². The van der Waals surface area contributed by atoms with Gasteiger partial charge in [-0.05, 0) is 12.1 Å². The van der Waals surface area contributed by atoms with E-state index in [1.807, 2.05) is 12.1 Å². The van der Waals surface area contributed by atoms with E-state index in [0.29, 0.717) is 9.52 Å². The van der Waals surface area contributed by atoms with Gasteiger partial charge in [-0.2, -0.15) is 0 Å². The average molecular weight is 193 g/mol. The van der Waals surface area contributed by atoms with Crippen LogP contribution in [0.4, 0.5) is 0 Å². The smallest absolute Gasteiger partial charge is 0.118 e. The Morgan fingerprint density at radius 1 is 1.23 bits per heavy atom. The summed E-state index contributed by atoms with van der Waals surface area (Å²) in [4.78, 5) is 0. The second-order valence-corrected chi connectivity index (χ2v) is 4.77. The van der Waals surface area contributed by atoms with Crippen LogP contribution in [0.1, 0.15) is 19.8 Å². The van der Waals surface area contributed by atoms with Crippen molar-refractivity contribution < 1.29 is 4.74 Å². The van der Waals surface area contributed by atoms with Crippen LogP contribution in [-0.2, 0) is 0 Å². The molecule has 2 heteroatoms. The molecule has 0 N–H and O–H groups in total. The third-order valence-corrected chi connectivity index (χ3v) is 3.61. The van der Waals surface area contributed by atoms with Crippen LogP contribution in [-0.4, -0.2) is 16.6 Å². The van der Waals surface area contributed by atoms with Crippen molar-refractivity contribution in [3.8, 4) is 5.75 Å². The number of ether oxygens (including phenoxy) is 1. The summed E-state index contributed by atoms with van der Waals surface area (Å²) in [5.41, 5.74) is 0. The molecule has 1 radical (unpaired) electrons. The van der Waals surface area contributed by atoms with E-state index in [9.17, 15) is 0 Å². The van der Waals surface area contributed by atoms with E-state index in [1.54, 1.807) is 7.11 Å². The van der Waals surface area contributed by atoms with Gasteiger partial charge >= 0.3 is 0 Å². The van der Waals surface area contributed by atoms with Crippen molar-refractivity contribution in [2.75, 3.05) is 7.11 Å². The molecule has 0 aliphatic rings. The van der Waals surface area contributed by atoms with Gasteiger partial charge in [-0.15, -0.1) is 0 Å². The lowest BCUT2D eigenvalue weighted by Crippen LogP contribution is -2.12. The number of methoxy groups -OCH3 is 1. The van der Waals surface area contributed by atoms with E-state index in [0.717, 1.165) is 5.75 Å². The van der Waals surface area contributed by atoms with Gasteiger partial charge in [0.05, 0.1) is 16.6 Å². The molecule has 0 spiro atoms. The third-order valence-electron chi connectivity index (χ3n) is 2.05. The highest BCUT2D eigenvalue weighted by Crippen LogP contribution is 2.05. The number of hydrogen-bond acceptors (Lipinski definition) is 1. The standard InChI is InChI=1S/C11H17OSi/c1-3-4-9-13-11-7-5-10(12-2)6-8-11/h5-8,13H,3-4,9H2,1-2H3. The Morgan fingerprint density at radius 3 is 2.46 bits per heavy atom. The molecule has 13 heavy (non-hydrogen) atoms. The van der Waals surface area contributed by atoms with E-state index >= 15 is 0 Å². The lowest BCUT2D eigenvalue weighted by Gasteiger charge is -2.01. The van der Waals surface area contributed by atoms with Crippen molar-refractivity contribution in [1.29, 1.82) is 0 Å². The van der Waals surface area contributed by atoms with E-state index in [4.69, 9.17) is 4.74 Å². The molecule has 0 saturated carbocycles. The average Bonchev–Trinajstić information content (AvgIpc) is 2.19. The van der Waals surface area contributed by atoms with Crippen molar-refractivity contribution in [2.45, 2.75) is 25.8 Å². The van der Waals surface area contributed by atoms with Crippen molar-refractivity contribution in [1.82, 2.24) is 0 Å². The largest absolute Gasteiger partial charge is 0.497 e. The van der Waals surface area contributed by atoms with Crippen LogP contribution in [0.15, 0.2) is 24.3 Å². The summed E-state index contributed by atoms with van der Waals surface area (Å²) in [5.74, 6) is 0.957. The number of unbranched alkanes of at least 4 members (excludes halogenated alkanes) is 1. The molecule has 0 aromatic heterocycles. The number of rotatable bonds is 5. The maximum absolute atomic E-state index is 5.10. The second kappa shape index (κ2) is 5.81. The fourth-order valence-corrected chi connectivity index (χ4v) is 2.62. The highest BCUT2D eigenvalue weighted by molar-refractivity contribution is 6.53. The first-order valence-electron chi connectivity index (χ1n) is 4.84. The van der Waals surface area contributed by atoms with Crippen LogP contribution in [0.25, 0.3) is 0 Å². The van der Waals surface area contributed by atoms with Gasteiger partial charge in [-0.25, -0.2) is 0 Å². The summed E-state index contributed by atoms with van der Waals surface area (Å²) in [6, 6.07) is 9.85. The molecule has 0 heterocycles. The molecular formula is C11H17OSi. The molecule has 0 unspecified atom stereocenters. The molecule has 0 amide bonds. The maximum atomic E-state index is 5.10. The molecule has 0 aliphatic heterocycles. The van der Waals surface area contributed by atoms with Gasteiger partial charge in [0.1, 0.15) is 5.75 Å². The van der Waals surface area contributed by atoms with Gasteiger partial charge in [0, 0.05) is 0 Å². The Hall–Kier alpha value is -0.763. The number of hydrogen-bond donors (Lipinski definition) is 0. The fraction of sp³-hybridized carbons (Fsp3) is 0.455. The molecular weight excluding hydrogens is 176 g/mol. The molecule has 71 valence electrons. The molecule has 0 fully saturated rings. The Kier molecular flexibility index (Phi) is 4.61. The van der Waals surface area contributed by atoms with E-state index in [-0.39, 0.29) is 0 Å². The van der Waals surface area contributed by atoms with Crippen LogP contribution < -0.4 is 9.92 Å². The zero-order chi connectivity index (χ0) is 9.52. The van der Waals surface area contributed by atoms with Crippen molar-refractivity contribution in [3.05, 3.63) is 24.3 Å². The Balaban J connectivity index is 2.40. The van der Waals surface area contributed by atoms with Crippen LogP contribution >= 0.6 is 0 Å². The predicted molar refractivity (Wildman–Crippen MR) is 59.5 cm³/mol. The molecule has 0 bridgehead atoms. The van der Waals surface area contributed by atoms with Crippen molar-refractivity contribution in [2.24, 2.45) is 0 Å². The maximum Gasteiger partial charge on any atom is 0.118 e. The summed E-state index contributed by atoms with van der Waals surface area (Å²) in [7, 11) is 2.18. The lowest BCUT2D eigenvalue weighted by atomic mass is 10.3. The molecule has 1 rings (SSSR count). The minimum absolute atomic E-state index is 0.476. The van der Waals surface area contributed by atoms with Gasteiger partial charge in [-0.1, -0.05) is 43.1 Å². The topological polar surface area (TPSA) is 9.23 Å². The number of benzene rings is 1. The normalized spacial score (nSPS) is 10.0. The quantitative estimate of drug-likeness (QED) is 0.513. The third kappa shape index (κ3) is 3.64. The SMILES string of the molecule is CCCC[SiH]c1ccc(OC)cc1. The first-order chi connectivity index (χ1) is 6.36. The summed E-state index contributed by atoms with van der Waals surface area (Å²) < 4.78 is 5.10. The molecule has 0 aliphatic carbocycles. The zero-order valence-electron chi connectivity index (χ0n) is 8.42. The molecule has 1 aromatic carbocycles. The molecule has 0 atom stereocenters. The lowest BCUT2D eigenvalue weighted by molar-refractivity contribution is 0.415. The monoisotopic (exact) mass is 193 g/mol. The van der Waals surface area contributed by atoms with Crippen LogP contribution in [0.2, 0.25) is 6.04 Å². The predicted octanol–water partition coefficient (Wildman–Crippen LogP) is 1.98. The minimum Gasteiger partial charge on any atom is -0.497 e. The second-order valence-electron chi connectivity index (χ2n) is 3.12. The highest BCUT2D eigenvalue weighted by atomic mass is 28.2. The van der Waals surface area contributed by atoms with Crippen LogP contribution in [0.3, 0.4) is 0 Å². The van der Waals surface area contributed by atoms with Gasteiger partial charge in [0.2, 0.25) is 0 Å². The van der Waals surface area contributed by atoms with Crippen LogP contribution in [0, 0.1) is 0 Å². The van der Waals surface area contributed by atoms with Crippen LogP contribution in [0.5, 0.6) is 5.75 Å². The fourth-order valence-electron chi connectivity index (χ4n) is 1.21. The Labute approximate surface area is 82.9 Å². The van der Waals surface area contributed by atoms with E-state index in [1.165, 1.54) is 24.1 Å². The molecule has 1 nitrogen and oxygen atoms in total. The van der Waals surface area contributed by atoms with Gasteiger partial charge in [0.15, 0.2) is 0 Å². The molecule has 1 aromatic rings. The summed E-state index contributed by atoms with van der Waals surface area (Å²) in [5, 5.41) is 1.49. The zero-order valence-corrected chi connectivity index (χ0v) is 9.57. The Bertz CT molecular complexity index is 230. The summed E-state index contributed by atoms with van der Waals surface area (Å²) >= 11 is 0. The van der Waals surface area contributed by atoms with E-state index < -0.39 is 0 Å². The van der Waals surface area contributed by atoms with Crippen molar-refractivity contribution >= 4 is 14.7 Å². The first-order valence-corrected chi connectivity index (χ1v) is 6.23. The first kappa shape index (κ1) is 10.3. The van der Waals surface area contributed by atoms with Gasteiger partial charge < -0.3 is 4.74 Å². The van der Waals surface area contributed by atoms with Crippen molar-refractivity contribution in [3.63, 3.8) is 0 Å². The van der Waals surface area contributed by atoms with E-state index in [2.05, 4.69) is 19.1 Å². The molecule has 0 saturated heterocycles. The Morgan fingerprint density at radius 2 is 1.92 bits per heavy atom. The highest BCUT2D eigenvalue weighted by Gasteiger charge is 1.94.